The highest BCUT2D eigenvalue weighted by Crippen LogP contribution is 2.30. The maximum atomic E-state index is 13.3. The summed E-state index contributed by atoms with van der Waals surface area (Å²) in [7, 11) is 0. The molecule has 1 aliphatic rings. The van der Waals surface area contributed by atoms with Crippen LogP contribution >= 0.6 is 12.2 Å². The Balaban J connectivity index is 1.78. The van der Waals surface area contributed by atoms with E-state index in [1.54, 1.807) is 12.1 Å². The first kappa shape index (κ1) is 15.0. The summed E-state index contributed by atoms with van der Waals surface area (Å²) >= 11 is 5.19. The van der Waals surface area contributed by atoms with E-state index in [-0.39, 0.29) is 17.6 Å². The van der Waals surface area contributed by atoms with Crippen molar-refractivity contribution < 1.29 is 18.0 Å². The zero-order chi connectivity index (χ0) is 15.9. The first-order chi connectivity index (χ1) is 10.5. The van der Waals surface area contributed by atoms with Gasteiger partial charge in [0.05, 0.1) is 0 Å². The second-order valence-corrected chi connectivity index (χ2v) is 6.11. The Kier molecular flexibility index (Phi) is 3.91. The van der Waals surface area contributed by atoms with Gasteiger partial charge in [-0.05, 0) is 36.8 Å². The van der Waals surface area contributed by atoms with Crippen molar-refractivity contribution in [2.24, 2.45) is 11.8 Å². The van der Waals surface area contributed by atoms with Crippen LogP contribution in [-0.4, -0.2) is 10.6 Å². The number of rotatable bonds is 3. The van der Waals surface area contributed by atoms with Gasteiger partial charge in [0.2, 0.25) is 0 Å². The SMILES string of the molecule is CC1C(=O)C(Cc2ccc(-c3ccc(F)c(F)c3)o2)CC1=S. The fourth-order valence-electron chi connectivity index (χ4n) is 2.74. The van der Waals surface area contributed by atoms with Crippen LogP contribution in [0.3, 0.4) is 0 Å². The summed E-state index contributed by atoms with van der Waals surface area (Å²) in [6.07, 6.45) is 1.09. The van der Waals surface area contributed by atoms with E-state index in [1.165, 1.54) is 6.07 Å². The molecular formula is C17H14F2O2S. The minimum Gasteiger partial charge on any atom is -0.461 e. The third-order valence-corrected chi connectivity index (χ3v) is 4.59. The Bertz CT molecular complexity index is 751. The van der Waals surface area contributed by atoms with Gasteiger partial charge < -0.3 is 4.42 Å². The quantitative estimate of drug-likeness (QED) is 0.787. The number of ketones is 1. The van der Waals surface area contributed by atoms with Gasteiger partial charge in [-0.25, -0.2) is 8.78 Å². The van der Waals surface area contributed by atoms with Crippen LogP contribution in [0.25, 0.3) is 11.3 Å². The van der Waals surface area contributed by atoms with E-state index < -0.39 is 11.6 Å². The van der Waals surface area contributed by atoms with Gasteiger partial charge in [-0.1, -0.05) is 19.1 Å². The Labute approximate surface area is 132 Å². The van der Waals surface area contributed by atoms with E-state index in [2.05, 4.69) is 0 Å². The third-order valence-electron chi connectivity index (χ3n) is 4.07. The summed E-state index contributed by atoms with van der Waals surface area (Å²) in [4.78, 5) is 12.9. The Morgan fingerprint density at radius 1 is 1.23 bits per heavy atom. The minimum atomic E-state index is -0.916. The van der Waals surface area contributed by atoms with Gasteiger partial charge in [-0.3, -0.25) is 4.79 Å². The van der Waals surface area contributed by atoms with Crippen LogP contribution < -0.4 is 0 Å². The van der Waals surface area contributed by atoms with Crippen molar-refractivity contribution in [1.82, 2.24) is 0 Å². The van der Waals surface area contributed by atoms with Crippen LogP contribution in [0.1, 0.15) is 19.1 Å². The number of benzene rings is 1. The minimum absolute atomic E-state index is 0.147. The molecule has 1 saturated carbocycles. The summed E-state index contributed by atoms with van der Waals surface area (Å²) in [5.41, 5.74) is 0.465. The van der Waals surface area contributed by atoms with Crippen molar-refractivity contribution in [3.05, 3.63) is 47.7 Å². The molecule has 2 atom stereocenters. The number of carbonyl (C=O) groups excluding carboxylic acids is 1. The highest BCUT2D eigenvalue weighted by molar-refractivity contribution is 7.80. The Hall–Kier alpha value is -1.88. The van der Waals surface area contributed by atoms with Crippen LogP contribution in [0.15, 0.2) is 34.7 Å². The molecule has 5 heteroatoms. The Morgan fingerprint density at radius 3 is 2.64 bits per heavy atom. The molecule has 0 spiro atoms. The van der Waals surface area contributed by atoms with Crippen LogP contribution in [0.2, 0.25) is 0 Å². The van der Waals surface area contributed by atoms with Crippen molar-refractivity contribution in [3.8, 4) is 11.3 Å². The molecule has 0 bridgehead atoms. The van der Waals surface area contributed by atoms with Gasteiger partial charge in [-0.15, -0.1) is 0 Å². The highest BCUT2D eigenvalue weighted by atomic mass is 32.1. The van der Waals surface area contributed by atoms with Gasteiger partial charge in [-0.2, -0.15) is 0 Å². The lowest BCUT2D eigenvalue weighted by atomic mass is 9.99. The molecule has 1 heterocycles. The predicted octanol–water partition coefficient (Wildman–Crippen LogP) is 4.36. The number of furan rings is 1. The summed E-state index contributed by atoms with van der Waals surface area (Å²) < 4.78 is 31.9. The lowest BCUT2D eigenvalue weighted by Crippen LogP contribution is -2.14. The molecule has 0 N–H and O–H groups in total. The first-order valence-corrected chi connectivity index (χ1v) is 7.47. The first-order valence-electron chi connectivity index (χ1n) is 7.06. The fraction of sp³-hybridized carbons (Fsp3) is 0.294. The van der Waals surface area contributed by atoms with E-state index in [4.69, 9.17) is 16.6 Å². The zero-order valence-electron chi connectivity index (χ0n) is 11.9. The zero-order valence-corrected chi connectivity index (χ0v) is 12.8. The molecule has 1 aliphatic carbocycles. The molecule has 3 rings (SSSR count). The van der Waals surface area contributed by atoms with E-state index in [0.29, 0.717) is 29.9 Å². The van der Waals surface area contributed by atoms with Crippen LogP contribution in [0, 0.1) is 23.5 Å². The average Bonchev–Trinajstić information content (AvgIpc) is 3.04. The van der Waals surface area contributed by atoms with Crippen LogP contribution in [0.4, 0.5) is 8.78 Å². The molecular weight excluding hydrogens is 306 g/mol. The topological polar surface area (TPSA) is 30.2 Å². The van der Waals surface area contributed by atoms with Crippen LogP contribution in [0.5, 0.6) is 0 Å². The molecule has 1 aromatic heterocycles. The van der Waals surface area contributed by atoms with Crippen LogP contribution in [-0.2, 0) is 11.2 Å². The molecule has 2 unspecified atom stereocenters. The van der Waals surface area contributed by atoms with Gasteiger partial charge in [0.25, 0.3) is 0 Å². The fourth-order valence-corrected chi connectivity index (χ4v) is 3.06. The maximum Gasteiger partial charge on any atom is 0.159 e. The lowest BCUT2D eigenvalue weighted by Gasteiger charge is -2.05. The van der Waals surface area contributed by atoms with Crippen molar-refractivity contribution in [3.63, 3.8) is 0 Å². The molecule has 22 heavy (non-hydrogen) atoms. The highest BCUT2D eigenvalue weighted by Gasteiger charge is 2.35. The smallest absolute Gasteiger partial charge is 0.159 e. The summed E-state index contributed by atoms with van der Waals surface area (Å²) in [6.45, 7) is 1.83. The molecule has 0 aliphatic heterocycles. The second-order valence-electron chi connectivity index (χ2n) is 5.59. The number of Topliss-reactive ketones (excluding diaryl/α,β-unsaturated/α-hetero) is 1. The van der Waals surface area contributed by atoms with Crippen molar-refractivity contribution in [1.29, 1.82) is 0 Å². The molecule has 0 radical (unpaired) electrons. The Morgan fingerprint density at radius 2 is 2.00 bits per heavy atom. The number of hydrogen-bond donors (Lipinski definition) is 0. The largest absolute Gasteiger partial charge is 0.461 e. The summed E-state index contributed by atoms with van der Waals surface area (Å²) in [6, 6.07) is 7.07. The number of halogens is 2. The van der Waals surface area contributed by atoms with E-state index in [1.807, 2.05) is 6.92 Å². The lowest BCUT2D eigenvalue weighted by molar-refractivity contribution is -0.122. The monoisotopic (exact) mass is 320 g/mol. The standard InChI is InChI=1S/C17H14F2O2S/c1-9-16(22)8-11(17(9)20)6-12-3-5-15(21-12)10-2-4-13(18)14(19)7-10/h2-5,7,9,11H,6,8H2,1H3. The van der Waals surface area contributed by atoms with Gasteiger partial charge in [0.1, 0.15) is 17.3 Å². The van der Waals surface area contributed by atoms with E-state index in [9.17, 15) is 13.6 Å². The van der Waals surface area contributed by atoms with Gasteiger partial charge in [0, 0.05) is 28.7 Å². The molecule has 2 nitrogen and oxygen atoms in total. The normalized spacial score (nSPS) is 21.6. The summed E-state index contributed by atoms with van der Waals surface area (Å²) in [5, 5.41) is 0. The van der Waals surface area contributed by atoms with Crippen molar-refractivity contribution in [2.45, 2.75) is 19.8 Å². The molecule has 0 saturated heterocycles. The van der Waals surface area contributed by atoms with E-state index >= 15 is 0 Å². The number of carbonyl (C=O) groups is 1. The molecule has 1 aromatic carbocycles. The maximum absolute atomic E-state index is 13.3. The van der Waals surface area contributed by atoms with Crippen molar-refractivity contribution >= 4 is 22.9 Å². The molecule has 1 fully saturated rings. The van der Waals surface area contributed by atoms with E-state index in [0.717, 1.165) is 17.0 Å². The molecule has 2 aromatic rings. The molecule has 114 valence electrons. The predicted molar refractivity (Wildman–Crippen MR) is 82.6 cm³/mol. The van der Waals surface area contributed by atoms with Gasteiger partial charge in [0.15, 0.2) is 11.6 Å². The van der Waals surface area contributed by atoms with Gasteiger partial charge >= 0.3 is 0 Å². The number of thiocarbonyl (C=S) groups is 1. The third kappa shape index (κ3) is 2.73. The molecule has 0 amide bonds. The number of hydrogen-bond acceptors (Lipinski definition) is 3. The average molecular weight is 320 g/mol. The van der Waals surface area contributed by atoms with Crippen molar-refractivity contribution in [2.75, 3.05) is 0 Å². The second kappa shape index (κ2) is 5.72. The summed E-state index contributed by atoms with van der Waals surface area (Å²) in [5.74, 6) is -0.872.